The number of hydrogen-bond donors (Lipinski definition) is 3. The molecule has 1 aliphatic heterocycles. The van der Waals surface area contributed by atoms with Crippen LogP contribution < -0.4 is 34.9 Å². The lowest BCUT2D eigenvalue weighted by molar-refractivity contribution is -0.113. The van der Waals surface area contributed by atoms with Gasteiger partial charge in [-0.05, 0) is 55.9 Å². The van der Waals surface area contributed by atoms with Gasteiger partial charge in [-0.25, -0.2) is 0 Å². The highest BCUT2D eigenvalue weighted by Gasteiger charge is 2.32. The zero-order valence-corrected chi connectivity index (χ0v) is 19.5. The smallest absolute Gasteiger partial charge is 0.255 e. The van der Waals surface area contributed by atoms with Crippen LogP contribution in [-0.2, 0) is 4.79 Å². The first kappa shape index (κ1) is 23.2. The van der Waals surface area contributed by atoms with Crippen LogP contribution in [0.5, 0.6) is 23.0 Å². The summed E-state index contributed by atoms with van der Waals surface area (Å²) < 4.78 is 22.0. The third-order valence-electron chi connectivity index (χ3n) is 4.97. The number of nitrogens with one attached hydrogen (secondary N) is 3. The van der Waals surface area contributed by atoms with Crippen molar-refractivity contribution in [3.8, 4) is 23.0 Å². The Morgan fingerprint density at radius 2 is 1.72 bits per heavy atom. The highest BCUT2D eigenvalue weighted by molar-refractivity contribution is 7.80. The van der Waals surface area contributed by atoms with Crippen LogP contribution in [0.4, 0.5) is 5.69 Å². The minimum Gasteiger partial charge on any atom is -0.493 e. The van der Waals surface area contributed by atoms with Gasteiger partial charge in [0.2, 0.25) is 5.75 Å². The molecule has 170 valence electrons. The number of allylic oxidation sites excluding steroid dienone is 1. The fourth-order valence-electron chi connectivity index (χ4n) is 3.55. The maximum absolute atomic E-state index is 13.4. The molecule has 0 saturated carbocycles. The Morgan fingerprint density at radius 1 is 1.06 bits per heavy atom. The second-order valence-electron chi connectivity index (χ2n) is 6.91. The molecule has 3 rings (SSSR count). The quantitative estimate of drug-likeness (QED) is 0.519. The van der Waals surface area contributed by atoms with Gasteiger partial charge in [-0.3, -0.25) is 4.79 Å². The molecule has 8 nitrogen and oxygen atoms in total. The number of ether oxygens (including phenoxy) is 4. The molecule has 32 heavy (non-hydrogen) atoms. The van der Waals surface area contributed by atoms with Gasteiger partial charge in [-0.15, -0.1) is 0 Å². The van der Waals surface area contributed by atoms with E-state index in [0.29, 0.717) is 51.7 Å². The monoisotopic (exact) mass is 457 g/mol. The molecule has 0 saturated heterocycles. The number of thiocarbonyl (C=S) groups is 1. The SMILES string of the molecule is CCOc1ccccc1NC(=O)C1=C(C)NC(=S)N[C@@H]1c1cc(OC)c(OC)c(OC)c1. The normalized spacial score (nSPS) is 15.4. The molecule has 0 radical (unpaired) electrons. The molecule has 1 heterocycles. The lowest BCUT2D eigenvalue weighted by atomic mass is 9.94. The Labute approximate surface area is 192 Å². The number of carbonyl (C=O) groups excluding carboxylic acids is 1. The summed E-state index contributed by atoms with van der Waals surface area (Å²) >= 11 is 5.36. The minimum atomic E-state index is -0.545. The molecule has 0 aliphatic carbocycles. The summed E-state index contributed by atoms with van der Waals surface area (Å²) in [6.07, 6.45) is 0. The number of methoxy groups -OCH3 is 3. The van der Waals surface area contributed by atoms with Gasteiger partial charge in [-0.2, -0.15) is 0 Å². The van der Waals surface area contributed by atoms with E-state index in [1.807, 2.05) is 32.0 Å². The third kappa shape index (κ3) is 4.72. The van der Waals surface area contributed by atoms with Crippen molar-refractivity contribution in [1.82, 2.24) is 10.6 Å². The van der Waals surface area contributed by atoms with Gasteiger partial charge < -0.3 is 34.9 Å². The van der Waals surface area contributed by atoms with Crippen LogP contribution in [0, 0.1) is 0 Å². The fourth-order valence-corrected chi connectivity index (χ4v) is 3.82. The second-order valence-corrected chi connectivity index (χ2v) is 7.32. The second kappa shape index (κ2) is 10.2. The van der Waals surface area contributed by atoms with Gasteiger partial charge in [0.05, 0.1) is 45.2 Å². The Bertz CT molecular complexity index is 1030. The first-order valence-electron chi connectivity index (χ1n) is 10.0. The standard InChI is InChI=1S/C23H27N3O5S/c1-6-31-16-10-8-7-9-15(16)25-22(27)19-13(2)24-23(32)26-20(19)14-11-17(28-3)21(30-5)18(12-14)29-4/h7-12,20H,6H2,1-5H3,(H,25,27)(H2,24,26,32)/t20-/m1/s1. The van der Waals surface area contributed by atoms with Crippen molar-refractivity contribution >= 4 is 28.9 Å². The van der Waals surface area contributed by atoms with Crippen LogP contribution >= 0.6 is 12.2 Å². The molecule has 0 bridgehead atoms. The van der Waals surface area contributed by atoms with E-state index in [-0.39, 0.29) is 5.91 Å². The summed E-state index contributed by atoms with van der Waals surface area (Å²) in [4.78, 5) is 13.4. The first-order valence-corrected chi connectivity index (χ1v) is 10.5. The molecule has 0 aromatic heterocycles. The van der Waals surface area contributed by atoms with Crippen molar-refractivity contribution < 1.29 is 23.7 Å². The average molecular weight is 458 g/mol. The molecule has 9 heteroatoms. The average Bonchev–Trinajstić information content (AvgIpc) is 2.78. The maximum atomic E-state index is 13.4. The summed E-state index contributed by atoms with van der Waals surface area (Å²) in [6, 6.07) is 10.3. The predicted octanol–water partition coefficient (Wildman–Crippen LogP) is 3.54. The molecule has 1 aliphatic rings. The summed E-state index contributed by atoms with van der Waals surface area (Å²) in [7, 11) is 4.62. The van der Waals surface area contributed by atoms with E-state index in [4.69, 9.17) is 31.2 Å². The molecule has 2 aromatic rings. The Kier molecular flexibility index (Phi) is 7.42. The van der Waals surface area contributed by atoms with Crippen molar-refractivity contribution in [2.75, 3.05) is 33.3 Å². The van der Waals surface area contributed by atoms with E-state index < -0.39 is 6.04 Å². The van der Waals surface area contributed by atoms with E-state index in [2.05, 4.69) is 16.0 Å². The van der Waals surface area contributed by atoms with E-state index >= 15 is 0 Å². The van der Waals surface area contributed by atoms with Crippen molar-refractivity contribution in [2.45, 2.75) is 19.9 Å². The van der Waals surface area contributed by atoms with Crippen molar-refractivity contribution in [3.05, 3.63) is 53.2 Å². The Morgan fingerprint density at radius 3 is 2.31 bits per heavy atom. The van der Waals surface area contributed by atoms with E-state index in [1.165, 1.54) is 7.11 Å². The summed E-state index contributed by atoms with van der Waals surface area (Å²) in [5.74, 6) is 1.72. The summed E-state index contributed by atoms with van der Waals surface area (Å²) in [6.45, 7) is 4.18. The molecule has 2 aromatic carbocycles. The van der Waals surface area contributed by atoms with Gasteiger partial charge in [0.15, 0.2) is 16.6 Å². The van der Waals surface area contributed by atoms with E-state index in [0.717, 1.165) is 5.56 Å². The molecular weight excluding hydrogens is 430 g/mol. The number of rotatable bonds is 8. The summed E-state index contributed by atoms with van der Waals surface area (Å²) in [5, 5.41) is 9.58. The Balaban J connectivity index is 2.04. The summed E-state index contributed by atoms with van der Waals surface area (Å²) in [5.41, 5.74) is 2.42. The van der Waals surface area contributed by atoms with Crippen molar-refractivity contribution in [1.29, 1.82) is 0 Å². The number of hydrogen-bond acceptors (Lipinski definition) is 6. The van der Waals surface area contributed by atoms with Crippen LogP contribution in [0.2, 0.25) is 0 Å². The molecule has 0 unspecified atom stereocenters. The number of para-hydroxylation sites is 2. The van der Waals surface area contributed by atoms with E-state index in [1.54, 1.807) is 32.4 Å². The molecule has 0 spiro atoms. The largest absolute Gasteiger partial charge is 0.493 e. The topological polar surface area (TPSA) is 90.1 Å². The maximum Gasteiger partial charge on any atom is 0.255 e. The highest BCUT2D eigenvalue weighted by Crippen LogP contribution is 2.41. The van der Waals surface area contributed by atoms with Crippen LogP contribution in [0.25, 0.3) is 0 Å². The zero-order valence-electron chi connectivity index (χ0n) is 18.7. The lowest BCUT2D eigenvalue weighted by Gasteiger charge is -2.31. The van der Waals surface area contributed by atoms with Crippen LogP contribution in [0.15, 0.2) is 47.7 Å². The molecule has 1 amide bonds. The molecule has 0 fully saturated rings. The van der Waals surface area contributed by atoms with Crippen LogP contribution in [0.1, 0.15) is 25.5 Å². The Hall–Kier alpha value is -3.46. The number of anilines is 1. The van der Waals surface area contributed by atoms with Crippen LogP contribution in [-0.4, -0.2) is 39.0 Å². The first-order chi connectivity index (χ1) is 15.4. The highest BCUT2D eigenvalue weighted by atomic mass is 32.1. The fraction of sp³-hybridized carbons (Fsp3) is 0.304. The third-order valence-corrected chi connectivity index (χ3v) is 5.19. The lowest BCUT2D eigenvalue weighted by Crippen LogP contribution is -2.45. The van der Waals surface area contributed by atoms with Gasteiger partial charge in [0, 0.05) is 5.70 Å². The van der Waals surface area contributed by atoms with Gasteiger partial charge >= 0.3 is 0 Å². The molecule has 3 N–H and O–H groups in total. The van der Waals surface area contributed by atoms with Crippen molar-refractivity contribution in [2.24, 2.45) is 0 Å². The molecular formula is C23H27N3O5S. The molecule has 1 atom stereocenters. The van der Waals surface area contributed by atoms with E-state index in [9.17, 15) is 4.79 Å². The van der Waals surface area contributed by atoms with Gasteiger partial charge in [0.1, 0.15) is 5.75 Å². The number of benzene rings is 2. The minimum absolute atomic E-state index is 0.295. The predicted molar refractivity (Wildman–Crippen MR) is 127 cm³/mol. The number of carbonyl (C=O) groups is 1. The van der Waals surface area contributed by atoms with Gasteiger partial charge in [-0.1, -0.05) is 12.1 Å². The zero-order chi connectivity index (χ0) is 23.3. The van der Waals surface area contributed by atoms with Gasteiger partial charge in [0.25, 0.3) is 5.91 Å². The van der Waals surface area contributed by atoms with Crippen LogP contribution in [0.3, 0.4) is 0 Å². The number of amides is 1. The van der Waals surface area contributed by atoms with Crippen molar-refractivity contribution in [3.63, 3.8) is 0 Å².